The predicted octanol–water partition coefficient (Wildman–Crippen LogP) is 4.15. The Kier molecular flexibility index (Phi) is 8.73. The molecule has 0 saturated heterocycles. The van der Waals surface area contributed by atoms with Crippen LogP contribution < -0.4 is 0 Å². The van der Waals surface area contributed by atoms with Gasteiger partial charge in [0.15, 0.2) is 0 Å². The van der Waals surface area contributed by atoms with E-state index < -0.39 is 11.9 Å². The molecule has 23 heavy (non-hydrogen) atoms. The van der Waals surface area contributed by atoms with E-state index in [4.69, 9.17) is 9.47 Å². The molecule has 0 heterocycles. The van der Waals surface area contributed by atoms with Gasteiger partial charge in [0.2, 0.25) is 0 Å². The van der Waals surface area contributed by atoms with Crippen LogP contribution in [0.5, 0.6) is 0 Å². The highest BCUT2D eigenvalue weighted by Crippen LogP contribution is 2.20. The van der Waals surface area contributed by atoms with Gasteiger partial charge in [0.1, 0.15) is 5.57 Å². The first-order chi connectivity index (χ1) is 11.1. The van der Waals surface area contributed by atoms with Crippen molar-refractivity contribution >= 4 is 17.5 Å². The Morgan fingerprint density at radius 3 is 1.78 bits per heavy atom. The molecule has 0 N–H and O–H groups in total. The van der Waals surface area contributed by atoms with Gasteiger partial charge in [-0.25, -0.2) is 9.59 Å². The van der Waals surface area contributed by atoms with E-state index in [0.717, 1.165) is 31.2 Å². The summed E-state index contributed by atoms with van der Waals surface area (Å²) in [6.45, 7) is 6.39. The summed E-state index contributed by atoms with van der Waals surface area (Å²) >= 11 is 0. The lowest BCUT2D eigenvalue weighted by atomic mass is 10.0. The second kappa shape index (κ2) is 10.6. The third-order valence-electron chi connectivity index (χ3n) is 3.45. The van der Waals surface area contributed by atoms with E-state index in [2.05, 4.69) is 0 Å². The Bertz CT molecular complexity index is 508. The van der Waals surface area contributed by atoms with Crippen LogP contribution in [0.3, 0.4) is 0 Å². The first-order valence-corrected chi connectivity index (χ1v) is 8.22. The zero-order chi connectivity index (χ0) is 17.1. The number of carbonyl (C=O) groups is 2. The summed E-state index contributed by atoms with van der Waals surface area (Å²) in [5.41, 5.74) is 1.37. The van der Waals surface area contributed by atoms with Gasteiger partial charge >= 0.3 is 11.9 Å². The lowest BCUT2D eigenvalue weighted by molar-refractivity contribution is -0.147. The zero-order valence-electron chi connectivity index (χ0n) is 14.3. The van der Waals surface area contributed by atoms with Crippen LogP contribution >= 0.6 is 0 Å². The maximum atomic E-state index is 12.3. The van der Waals surface area contributed by atoms with Crippen molar-refractivity contribution in [1.82, 2.24) is 0 Å². The predicted molar refractivity (Wildman–Crippen MR) is 90.8 cm³/mol. The number of carbonyl (C=O) groups excluding carboxylic acids is 2. The number of hydrogen-bond donors (Lipinski definition) is 0. The molecule has 0 saturated carbocycles. The lowest BCUT2D eigenvalue weighted by Gasteiger charge is -2.12. The summed E-state index contributed by atoms with van der Waals surface area (Å²) in [5.74, 6) is -1.22. The largest absolute Gasteiger partial charge is 0.462 e. The molecule has 1 aromatic rings. The molecule has 4 heteroatoms. The second-order valence-corrected chi connectivity index (χ2v) is 5.34. The van der Waals surface area contributed by atoms with Crippen molar-refractivity contribution in [3.05, 3.63) is 41.5 Å². The maximum absolute atomic E-state index is 12.3. The van der Waals surface area contributed by atoms with Gasteiger partial charge < -0.3 is 9.47 Å². The van der Waals surface area contributed by atoms with E-state index in [9.17, 15) is 9.59 Å². The fourth-order valence-electron chi connectivity index (χ4n) is 1.98. The van der Waals surface area contributed by atoms with Gasteiger partial charge in [-0.15, -0.1) is 0 Å². The van der Waals surface area contributed by atoms with E-state index >= 15 is 0 Å². The summed E-state index contributed by atoms with van der Waals surface area (Å²) in [4.78, 5) is 24.7. The summed E-state index contributed by atoms with van der Waals surface area (Å²) in [7, 11) is 0. The first-order valence-electron chi connectivity index (χ1n) is 8.22. The zero-order valence-corrected chi connectivity index (χ0v) is 14.3. The van der Waals surface area contributed by atoms with Gasteiger partial charge in [0, 0.05) is 0 Å². The molecule has 0 amide bonds. The smallest absolute Gasteiger partial charge is 0.345 e. The average Bonchev–Trinajstić information content (AvgIpc) is 2.56. The van der Waals surface area contributed by atoms with Gasteiger partial charge in [-0.2, -0.15) is 0 Å². The highest BCUT2D eigenvalue weighted by molar-refractivity contribution is 6.19. The number of benzene rings is 1. The standard InChI is InChI=1S/C19H26O4/c1-4-6-13-22-18(20)17(19(21)23-14-7-5-2)15(3)16-11-9-8-10-12-16/h8-12H,4-7,13-14H2,1-3H3. The van der Waals surface area contributed by atoms with Crippen LogP contribution in [0.4, 0.5) is 0 Å². The van der Waals surface area contributed by atoms with E-state index in [-0.39, 0.29) is 5.57 Å². The Hall–Kier alpha value is -2.10. The molecule has 0 fully saturated rings. The fourth-order valence-corrected chi connectivity index (χ4v) is 1.98. The van der Waals surface area contributed by atoms with E-state index in [1.54, 1.807) is 6.92 Å². The van der Waals surface area contributed by atoms with Gasteiger partial charge in [0.25, 0.3) is 0 Å². The summed E-state index contributed by atoms with van der Waals surface area (Å²) < 4.78 is 10.4. The van der Waals surface area contributed by atoms with Crippen molar-refractivity contribution in [3.63, 3.8) is 0 Å². The quantitative estimate of drug-likeness (QED) is 0.226. The molecule has 0 bridgehead atoms. The molecule has 0 aliphatic rings. The molecule has 4 nitrogen and oxygen atoms in total. The Morgan fingerprint density at radius 2 is 1.35 bits per heavy atom. The molecule has 0 unspecified atom stereocenters. The molecule has 1 rings (SSSR count). The Balaban J connectivity index is 3.00. The van der Waals surface area contributed by atoms with Crippen LogP contribution in [0.25, 0.3) is 5.57 Å². The van der Waals surface area contributed by atoms with Crippen LogP contribution in [0, 0.1) is 0 Å². The molecule has 0 aliphatic carbocycles. The van der Waals surface area contributed by atoms with E-state index in [0.29, 0.717) is 18.8 Å². The molecule has 126 valence electrons. The van der Waals surface area contributed by atoms with E-state index in [1.807, 2.05) is 44.2 Å². The van der Waals surface area contributed by atoms with Crippen molar-refractivity contribution < 1.29 is 19.1 Å². The van der Waals surface area contributed by atoms with Crippen LogP contribution in [-0.4, -0.2) is 25.2 Å². The van der Waals surface area contributed by atoms with Crippen molar-refractivity contribution in [2.75, 3.05) is 13.2 Å². The molecule has 0 spiro atoms. The number of unbranched alkanes of at least 4 members (excludes halogenated alkanes) is 2. The van der Waals surface area contributed by atoms with Gasteiger partial charge in [-0.1, -0.05) is 57.0 Å². The number of rotatable bonds is 9. The van der Waals surface area contributed by atoms with Crippen LogP contribution in [0.15, 0.2) is 35.9 Å². The molecular weight excluding hydrogens is 292 g/mol. The highest BCUT2D eigenvalue weighted by Gasteiger charge is 2.25. The molecule has 0 aromatic heterocycles. The minimum Gasteiger partial charge on any atom is -0.462 e. The topological polar surface area (TPSA) is 52.6 Å². The molecular formula is C19H26O4. The lowest BCUT2D eigenvalue weighted by Crippen LogP contribution is -2.20. The number of esters is 2. The first kappa shape index (κ1) is 18.9. The minimum absolute atomic E-state index is 0.0107. The Morgan fingerprint density at radius 1 is 0.870 bits per heavy atom. The maximum Gasteiger partial charge on any atom is 0.345 e. The van der Waals surface area contributed by atoms with Gasteiger partial charge in [0.05, 0.1) is 13.2 Å². The summed E-state index contributed by atoms with van der Waals surface area (Å²) in [6.07, 6.45) is 3.39. The molecule has 0 atom stereocenters. The highest BCUT2D eigenvalue weighted by atomic mass is 16.6. The van der Waals surface area contributed by atoms with Crippen molar-refractivity contribution in [2.24, 2.45) is 0 Å². The van der Waals surface area contributed by atoms with Crippen LogP contribution in [0.1, 0.15) is 52.0 Å². The van der Waals surface area contributed by atoms with Crippen molar-refractivity contribution in [2.45, 2.75) is 46.5 Å². The third-order valence-corrected chi connectivity index (χ3v) is 3.45. The van der Waals surface area contributed by atoms with Gasteiger partial charge in [-0.05, 0) is 30.9 Å². The van der Waals surface area contributed by atoms with Crippen LogP contribution in [-0.2, 0) is 19.1 Å². The summed E-state index contributed by atoms with van der Waals surface area (Å²) in [6, 6.07) is 9.32. The second-order valence-electron chi connectivity index (χ2n) is 5.34. The molecule has 0 radical (unpaired) electrons. The fraction of sp³-hybridized carbons (Fsp3) is 0.474. The number of ether oxygens (including phenoxy) is 2. The van der Waals surface area contributed by atoms with Crippen molar-refractivity contribution in [3.8, 4) is 0 Å². The minimum atomic E-state index is -0.610. The molecule has 1 aromatic carbocycles. The summed E-state index contributed by atoms with van der Waals surface area (Å²) in [5, 5.41) is 0. The number of allylic oxidation sites excluding steroid dienone is 1. The average molecular weight is 318 g/mol. The normalized spacial score (nSPS) is 10.0. The van der Waals surface area contributed by atoms with Crippen molar-refractivity contribution in [1.29, 1.82) is 0 Å². The Labute approximate surface area is 138 Å². The van der Waals surface area contributed by atoms with Crippen LogP contribution in [0.2, 0.25) is 0 Å². The van der Waals surface area contributed by atoms with Gasteiger partial charge in [-0.3, -0.25) is 0 Å². The molecule has 0 aliphatic heterocycles. The SMILES string of the molecule is CCCCOC(=O)C(C(=O)OCCCC)=C(C)c1ccccc1. The third kappa shape index (κ3) is 6.27. The number of hydrogen-bond acceptors (Lipinski definition) is 4. The monoisotopic (exact) mass is 318 g/mol. The van der Waals surface area contributed by atoms with E-state index in [1.165, 1.54) is 0 Å².